The molecule has 0 aliphatic carbocycles. The van der Waals surface area contributed by atoms with E-state index in [0.29, 0.717) is 6.04 Å². The highest BCUT2D eigenvalue weighted by Gasteiger charge is 2.10. The fourth-order valence-corrected chi connectivity index (χ4v) is 1.07. The van der Waals surface area contributed by atoms with Crippen LogP contribution < -0.4 is 10.6 Å². The molecular weight excluding hydrogens is 128 g/mol. The molecule has 1 aliphatic rings. The van der Waals surface area contributed by atoms with Gasteiger partial charge in [-0.1, -0.05) is 6.92 Å². The monoisotopic (exact) mass is 144 g/mol. The van der Waals surface area contributed by atoms with Gasteiger partial charge in [0.2, 0.25) is 0 Å². The quantitative estimate of drug-likeness (QED) is 0.564. The molecular formula is C7H16N2O. The van der Waals surface area contributed by atoms with Gasteiger partial charge >= 0.3 is 0 Å². The van der Waals surface area contributed by atoms with E-state index >= 15 is 0 Å². The Morgan fingerprint density at radius 1 is 1.70 bits per heavy atom. The van der Waals surface area contributed by atoms with E-state index in [4.69, 9.17) is 4.74 Å². The average Bonchev–Trinajstić information content (AvgIpc) is 2.03. The second kappa shape index (κ2) is 4.66. The Kier molecular flexibility index (Phi) is 3.72. The number of likely N-dealkylation sites (N-methyl/N-ethyl adjacent to an activating group) is 1. The summed E-state index contributed by atoms with van der Waals surface area (Å²) in [5.41, 5.74) is 0. The van der Waals surface area contributed by atoms with Crippen LogP contribution in [0, 0.1) is 0 Å². The van der Waals surface area contributed by atoms with Crippen molar-refractivity contribution in [2.45, 2.75) is 13.0 Å². The molecule has 1 saturated heterocycles. The largest absolute Gasteiger partial charge is 0.378 e. The van der Waals surface area contributed by atoms with Crippen molar-refractivity contribution in [3.8, 4) is 0 Å². The van der Waals surface area contributed by atoms with E-state index in [1.165, 1.54) is 0 Å². The number of nitrogens with one attached hydrogen (secondary N) is 2. The lowest BCUT2D eigenvalue weighted by molar-refractivity contribution is 0.0769. The van der Waals surface area contributed by atoms with Crippen LogP contribution in [0.5, 0.6) is 0 Å². The van der Waals surface area contributed by atoms with Gasteiger partial charge in [-0.15, -0.1) is 0 Å². The molecule has 0 saturated carbocycles. The Hall–Kier alpha value is -0.120. The first kappa shape index (κ1) is 7.98. The molecule has 0 aromatic heterocycles. The third-order valence-electron chi connectivity index (χ3n) is 1.64. The smallest absolute Gasteiger partial charge is 0.0632 e. The van der Waals surface area contributed by atoms with Crippen LogP contribution in [0.15, 0.2) is 0 Å². The highest BCUT2D eigenvalue weighted by atomic mass is 16.5. The topological polar surface area (TPSA) is 33.3 Å². The van der Waals surface area contributed by atoms with Crippen molar-refractivity contribution in [2.24, 2.45) is 0 Å². The van der Waals surface area contributed by atoms with Crippen molar-refractivity contribution in [1.82, 2.24) is 10.6 Å². The van der Waals surface area contributed by atoms with E-state index in [0.717, 1.165) is 32.8 Å². The first-order valence-electron chi connectivity index (χ1n) is 3.95. The number of hydrogen-bond donors (Lipinski definition) is 2. The van der Waals surface area contributed by atoms with E-state index in [9.17, 15) is 0 Å². The zero-order chi connectivity index (χ0) is 7.23. The molecule has 10 heavy (non-hydrogen) atoms. The summed E-state index contributed by atoms with van der Waals surface area (Å²) in [5, 5.41) is 6.64. The van der Waals surface area contributed by atoms with Gasteiger partial charge in [0.25, 0.3) is 0 Å². The van der Waals surface area contributed by atoms with Crippen LogP contribution in [0.3, 0.4) is 0 Å². The van der Waals surface area contributed by atoms with Crippen LogP contribution in [-0.4, -0.2) is 38.9 Å². The Bertz CT molecular complexity index is 81.7. The number of morpholine rings is 1. The Labute approximate surface area is 62.1 Å². The van der Waals surface area contributed by atoms with Crippen molar-refractivity contribution in [2.75, 3.05) is 32.8 Å². The SMILES string of the molecule is CCNCC1COCCN1. The summed E-state index contributed by atoms with van der Waals surface area (Å²) < 4.78 is 5.28. The van der Waals surface area contributed by atoms with Gasteiger partial charge in [-0.2, -0.15) is 0 Å². The predicted octanol–water partition coefficient (Wildman–Crippen LogP) is -0.416. The second-order valence-corrected chi connectivity index (χ2v) is 2.53. The van der Waals surface area contributed by atoms with Crippen molar-refractivity contribution < 1.29 is 4.74 Å². The Morgan fingerprint density at radius 2 is 2.60 bits per heavy atom. The molecule has 0 amide bonds. The van der Waals surface area contributed by atoms with Crippen LogP contribution in [0.4, 0.5) is 0 Å². The molecule has 60 valence electrons. The Balaban J connectivity index is 2.02. The van der Waals surface area contributed by atoms with Crippen LogP contribution in [0.25, 0.3) is 0 Å². The minimum absolute atomic E-state index is 0.522. The van der Waals surface area contributed by atoms with E-state index < -0.39 is 0 Å². The second-order valence-electron chi connectivity index (χ2n) is 2.53. The molecule has 3 nitrogen and oxygen atoms in total. The zero-order valence-corrected chi connectivity index (χ0v) is 6.52. The van der Waals surface area contributed by atoms with Crippen molar-refractivity contribution in [3.05, 3.63) is 0 Å². The molecule has 1 fully saturated rings. The first-order chi connectivity index (χ1) is 4.93. The molecule has 3 heteroatoms. The summed E-state index contributed by atoms with van der Waals surface area (Å²) in [7, 11) is 0. The van der Waals surface area contributed by atoms with Crippen LogP contribution in [0.1, 0.15) is 6.92 Å². The van der Waals surface area contributed by atoms with Crippen LogP contribution in [0.2, 0.25) is 0 Å². The molecule has 1 rings (SSSR count). The average molecular weight is 144 g/mol. The van der Waals surface area contributed by atoms with Gasteiger partial charge < -0.3 is 15.4 Å². The molecule has 1 aliphatic heterocycles. The van der Waals surface area contributed by atoms with E-state index in [1.54, 1.807) is 0 Å². The molecule has 0 aromatic rings. The van der Waals surface area contributed by atoms with Crippen molar-refractivity contribution in [3.63, 3.8) is 0 Å². The fraction of sp³-hybridized carbons (Fsp3) is 1.00. The lowest BCUT2D eigenvalue weighted by atomic mass is 10.3. The number of rotatable bonds is 3. The standard InChI is InChI=1S/C7H16N2O/c1-2-8-5-7-6-10-4-3-9-7/h7-9H,2-6H2,1H3. The molecule has 1 unspecified atom stereocenters. The van der Waals surface area contributed by atoms with Gasteiger partial charge in [-0.3, -0.25) is 0 Å². The van der Waals surface area contributed by atoms with Gasteiger partial charge in [0.1, 0.15) is 0 Å². The molecule has 1 atom stereocenters. The lowest BCUT2D eigenvalue weighted by Crippen LogP contribution is -2.47. The van der Waals surface area contributed by atoms with Crippen LogP contribution in [-0.2, 0) is 4.74 Å². The summed E-state index contributed by atoms with van der Waals surface area (Å²) in [6, 6.07) is 0.522. The van der Waals surface area contributed by atoms with Gasteiger partial charge in [0.05, 0.1) is 13.2 Å². The maximum atomic E-state index is 5.28. The summed E-state index contributed by atoms with van der Waals surface area (Å²) in [6.45, 7) is 6.89. The molecule has 0 aromatic carbocycles. The van der Waals surface area contributed by atoms with Gasteiger partial charge in [0.15, 0.2) is 0 Å². The molecule has 0 radical (unpaired) electrons. The number of hydrogen-bond acceptors (Lipinski definition) is 3. The predicted molar refractivity (Wildman–Crippen MR) is 41.2 cm³/mol. The van der Waals surface area contributed by atoms with Crippen molar-refractivity contribution >= 4 is 0 Å². The minimum atomic E-state index is 0.522. The normalized spacial score (nSPS) is 26.7. The Morgan fingerprint density at radius 3 is 3.20 bits per heavy atom. The first-order valence-corrected chi connectivity index (χ1v) is 3.95. The molecule has 2 N–H and O–H groups in total. The molecule has 1 heterocycles. The fourth-order valence-electron chi connectivity index (χ4n) is 1.07. The van der Waals surface area contributed by atoms with E-state index in [2.05, 4.69) is 17.6 Å². The van der Waals surface area contributed by atoms with Crippen LogP contribution >= 0.6 is 0 Å². The third-order valence-corrected chi connectivity index (χ3v) is 1.64. The number of ether oxygens (including phenoxy) is 1. The lowest BCUT2D eigenvalue weighted by Gasteiger charge is -2.23. The summed E-state index contributed by atoms with van der Waals surface area (Å²) in [4.78, 5) is 0. The van der Waals surface area contributed by atoms with Gasteiger partial charge in [-0.25, -0.2) is 0 Å². The summed E-state index contributed by atoms with van der Waals surface area (Å²) in [6.07, 6.45) is 0. The van der Waals surface area contributed by atoms with Crippen molar-refractivity contribution in [1.29, 1.82) is 0 Å². The maximum absolute atomic E-state index is 5.28. The molecule has 0 spiro atoms. The van der Waals surface area contributed by atoms with Gasteiger partial charge in [-0.05, 0) is 6.54 Å². The van der Waals surface area contributed by atoms with E-state index in [1.807, 2.05) is 0 Å². The third kappa shape index (κ3) is 2.64. The molecule has 0 bridgehead atoms. The summed E-state index contributed by atoms with van der Waals surface area (Å²) in [5.74, 6) is 0. The highest BCUT2D eigenvalue weighted by molar-refractivity contribution is 4.71. The maximum Gasteiger partial charge on any atom is 0.0632 e. The zero-order valence-electron chi connectivity index (χ0n) is 6.52. The highest BCUT2D eigenvalue weighted by Crippen LogP contribution is 1.90. The van der Waals surface area contributed by atoms with E-state index in [-0.39, 0.29) is 0 Å². The minimum Gasteiger partial charge on any atom is -0.378 e. The van der Waals surface area contributed by atoms with Gasteiger partial charge in [0, 0.05) is 19.1 Å². The summed E-state index contributed by atoms with van der Waals surface area (Å²) >= 11 is 0.